The van der Waals surface area contributed by atoms with Crippen LogP contribution in [0.5, 0.6) is 0 Å². The van der Waals surface area contributed by atoms with Crippen molar-refractivity contribution in [2.75, 3.05) is 6.16 Å². The quantitative estimate of drug-likeness (QED) is 0.187. The lowest BCUT2D eigenvalue weighted by Gasteiger charge is -2.40. The van der Waals surface area contributed by atoms with Crippen LogP contribution in [0.2, 0.25) is 18.0 Å². The van der Waals surface area contributed by atoms with Gasteiger partial charge in [-0.2, -0.15) is 0 Å². The van der Waals surface area contributed by atoms with Crippen molar-refractivity contribution in [1.29, 1.82) is 0 Å². The fourth-order valence-electron chi connectivity index (χ4n) is 6.98. The van der Waals surface area contributed by atoms with Gasteiger partial charge in [0.2, 0.25) is 0 Å². The molecule has 0 spiro atoms. The van der Waals surface area contributed by atoms with Crippen molar-refractivity contribution in [3.05, 3.63) is 0 Å². The molecular weight excluding hydrogens is 342 g/mol. The molecule has 2 bridgehead atoms. The van der Waals surface area contributed by atoms with Crippen LogP contribution in [0.3, 0.4) is 0 Å². The van der Waals surface area contributed by atoms with Crippen LogP contribution in [0.15, 0.2) is 0 Å². The summed E-state index contributed by atoms with van der Waals surface area (Å²) in [6.45, 7) is 6.10. The molecule has 3 rings (SSSR count). The number of hydrogen-bond donors (Lipinski definition) is 0. The molecule has 0 aliphatic carbocycles. The summed E-state index contributed by atoms with van der Waals surface area (Å²) in [5, 5.41) is 0. The lowest BCUT2D eigenvalue weighted by atomic mass is 9.26. The molecular formula is C25H48BP. The van der Waals surface area contributed by atoms with Gasteiger partial charge in [0.1, 0.15) is 6.71 Å². The van der Waals surface area contributed by atoms with Crippen molar-refractivity contribution in [3.8, 4) is 0 Å². The zero-order valence-electron chi connectivity index (χ0n) is 18.8. The topological polar surface area (TPSA) is 0 Å². The third kappa shape index (κ3) is 6.76. The lowest BCUT2D eigenvalue weighted by Crippen LogP contribution is -2.34. The maximum absolute atomic E-state index is 2.59. The largest absolute Gasteiger partial charge is 0.146 e. The van der Waals surface area contributed by atoms with Crippen LogP contribution in [0.25, 0.3) is 0 Å². The molecule has 0 aromatic rings. The Morgan fingerprint density at radius 1 is 0.741 bits per heavy atom. The van der Waals surface area contributed by atoms with Gasteiger partial charge in [-0.25, -0.2) is 0 Å². The van der Waals surface area contributed by atoms with Gasteiger partial charge in [-0.1, -0.05) is 115 Å². The summed E-state index contributed by atoms with van der Waals surface area (Å²) in [5.41, 5.74) is 2.20. The maximum atomic E-state index is 2.59. The molecule has 3 heterocycles. The van der Waals surface area contributed by atoms with Crippen molar-refractivity contribution in [1.82, 2.24) is 0 Å². The number of hydrogen-bond acceptors (Lipinski definition) is 0. The Morgan fingerprint density at radius 2 is 1.37 bits per heavy atom. The van der Waals surface area contributed by atoms with Crippen LogP contribution in [-0.2, 0) is 0 Å². The SMILES string of the molecule is CCCC[C@@H]1CCCC(C)P1CCCCCCCB1C2CCCC1CCC2. The monoisotopic (exact) mass is 390 g/mol. The van der Waals surface area contributed by atoms with Crippen LogP contribution >= 0.6 is 7.92 Å². The number of rotatable bonds is 11. The fraction of sp³-hybridized carbons (Fsp3) is 1.00. The van der Waals surface area contributed by atoms with E-state index in [9.17, 15) is 0 Å². The summed E-state index contributed by atoms with van der Waals surface area (Å²) in [7, 11) is 0.351. The lowest BCUT2D eigenvalue weighted by molar-refractivity contribution is 0.439. The molecule has 0 amide bonds. The van der Waals surface area contributed by atoms with Gasteiger partial charge in [0.05, 0.1) is 0 Å². The second-order valence-corrected chi connectivity index (χ2v) is 13.5. The second-order valence-electron chi connectivity index (χ2n) is 10.4. The predicted octanol–water partition coefficient (Wildman–Crippen LogP) is 9.15. The Hall–Kier alpha value is 0.495. The van der Waals surface area contributed by atoms with E-state index in [-0.39, 0.29) is 0 Å². The van der Waals surface area contributed by atoms with Crippen molar-refractivity contribution < 1.29 is 0 Å². The highest BCUT2D eigenvalue weighted by Gasteiger charge is 2.38. The van der Waals surface area contributed by atoms with E-state index in [1.165, 1.54) is 44.9 Å². The minimum absolute atomic E-state index is 0.351. The van der Waals surface area contributed by atoms with Crippen molar-refractivity contribution >= 4 is 14.6 Å². The van der Waals surface area contributed by atoms with Gasteiger partial charge in [-0.15, -0.1) is 7.92 Å². The van der Waals surface area contributed by atoms with Crippen molar-refractivity contribution in [2.24, 2.45) is 0 Å². The fourth-order valence-corrected chi connectivity index (χ4v) is 10.6. The zero-order chi connectivity index (χ0) is 18.9. The summed E-state index contributed by atoms with van der Waals surface area (Å²) < 4.78 is 0. The third-order valence-corrected chi connectivity index (χ3v) is 12.2. The van der Waals surface area contributed by atoms with E-state index in [1.807, 2.05) is 0 Å². The summed E-state index contributed by atoms with van der Waals surface area (Å²) in [6, 6.07) is 0. The highest BCUT2D eigenvalue weighted by molar-refractivity contribution is 7.59. The molecule has 3 fully saturated rings. The smallest absolute Gasteiger partial charge is 0.101 e. The minimum atomic E-state index is 0.351. The van der Waals surface area contributed by atoms with E-state index < -0.39 is 0 Å². The molecule has 3 saturated heterocycles. The van der Waals surface area contributed by atoms with Crippen molar-refractivity contribution in [3.63, 3.8) is 0 Å². The molecule has 3 aliphatic heterocycles. The third-order valence-electron chi connectivity index (χ3n) is 8.55. The molecule has 156 valence electrons. The molecule has 0 aromatic heterocycles. The Morgan fingerprint density at radius 3 is 2.07 bits per heavy atom. The summed E-state index contributed by atoms with van der Waals surface area (Å²) >= 11 is 0. The van der Waals surface area contributed by atoms with Crippen LogP contribution in [0.4, 0.5) is 0 Å². The van der Waals surface area contributed by atoms with Gasteiger partial charge in [0.15, 0.2) is 0 Å². The van der Waals surface area contributed by atoms with Gasteiger partial charge < -0.3 is 0 Å². The van der Waals surface area contributed by atoms with Crippen molar-refractivity contribution in [2.45, 2.75) is 152 Å². The molecule has 3 aliphatic rings. The molecule has 0 N–H and O–H groups in total. The molecule has 0 saturated carbocycles. The number of unbranched alkanes of at least 4 members (excludes halogenated alkanes) is 5. The van der Waals surface area contributed by atoms with Crippen LogP contribution in [0.1, 0.15) is 123 Å². The predicted molar refractivity (Wildman–Crippen MR) is 127 cm³/mol. The Kier molecular flexibility index (Phi) is 10.1. The van der Waals surface area contributed by atoms with Crippen LogP contribution in [-0.4, -0.2) is 24.2 Å². The van der Waals surface area contributed by atoms with Gasteiger partial charge in [-0.05, 0) is 43.2 Å². The van der Waals surface area contributed by atoms with E-state index in [1.54, 1.807) is 76.7 Å². The highest BCUT2D eigenvalue weighted by Crippen LogP contribution is 2.55. The second kappa shape index (κ2) is 12.2. The standard InChI is InChI=1S/C25H48BP/c1-3-4-18-25-19-10-13-22(2)27(25)21-9-7-5-6-8-20-26-23-14-11-15-24(26)17-12-16-23/h22-25H,3-21H2,1-2H3/t22?,23?,24?,25-,27?/m1/s1. The minimum Gasteiger partial charge on any atom is -0.101 e. The molecule has 0 aromatic carbocycles. The summed E-state index contributed by atoms with van der Waals surface area (Å²) in [5.74, 6) is 2.27. The average molecular weight is 390 g/mol. The Bertz CT molecular complexity index is 376. The molecule has 3 atom stereocenters. The zero-order valence-corrected chi connectivity index (χ0v) is 19.7. The Labute approximate surface area is 173 Å². The van der Waals surface area contributed by atoms with E-state index in [4.69, 9.17) is 0 Å². The van der Waals surface area contributed by atoms with Gasteiger partial charge in [-0.3, -0.25) is 0 Å². The molecule has 2 heteroatoms. The van der Waals surface area contributed by atoms with Crippen LogP contribution in [0, 0.1) is 0 Å². The molecule has 2 unspecified atom stereocenters. The first-order valence-corrected chi connectivity index (χ1v) is 14.7. The van der Waals surface area contributed by atoms with Crippen LogP contribution < -0.4 is 0 Å². The maximum Gasteiger partial charge on any atom is 0.146 e. The number of fused-ring (bicyclic) bond motifs is 2. The first-order chi connectivity index (χ1) is 13.3. The van der Waals surface area contributed by atoms with E-state index >= 15 is 0 Å². The Balaban J connectivity index is 1.26. The summed E-state index contributed by atoms with van der Waals surface area (Å²) in [4.78, 5) is 0. The molecule has 0 radical (unpaired) electrons. The highest BCUT2D eigenvalue weighted by atomic mass is 31.1. The average Bonchev–Trinajstić information content (AvgIpc) is 2.66. The summed E-state index contributed by atoms with van der Waals surface area (Å²) in [6.07, 6.45) is 29.3. The van der Waals surface area contributed by atoms with Gasteiger partial charge in [0, 0.05) is 0 Å². The first kappa shape index (κ1) is 22.2. The van der Waals surface area contributed by atoms with E-state index in [0.29, 0.717) is 7.92 Å². The normalized spacial score (nSPS) is 34.0. The molecule has 0 nitrogen and oxygen atoms in total. The van der Waals surface area contributed by atoms with E-state index in [2.05, 4.69) is 13.8 Å². The van der Waals surface area contributed by atoms with Gasteiger partial charge >= 0.3 is 0 Å². The van der Waals surface area contributed by atoms with E-state index in [0.717, 1.165) is 29.7 Å². The van der Waals surface area contributed by atoms with Gasteiger partial charge in [0.25, 0.3) is 0 Å². The molecule has 27 heavy (non-hydrogen) atoms. The first-order valence-electron chi connectivity index (χ1n) is 13.0.